The molecule has 4 rings (SSSR count). The predicted octanol–water partition coefficient (Wildman–Crippen LogP) is 5.00. The van der Waals surface area contributed by atoms with Gasteiger partial charge in [-0.1, -0.05) is 19.1 Å². The second kappa shape index (κ2) is 8.25. The van der Waals surface area contributed by atoms with Crippen LogP contribution in [0.25, 0.3) is 10.6 Å². The van der Waals surface area contributed by atoms with E-state index in [1.807, 2.05) is 48.7 Å². The number of fused-ring (bicyclic) bond motifs is 1. The van der Waals surface area contributed by atoms with E-state index in [0.29, 0.717) is 24.8 Å². The van der Waals surface area contributed by atoms with Gasteiger partial charge in [0.2, 0.25) is 5.91 Å². The van der Waals surface area contributed by atoms with Crippen molar-refractivity contribution < 1.29 is 14.6 Å². The van der Waals surface area contributed by atoms with E-state index in [1.165, 1.54) is 11.3 Å². The van der Waals surface area contributed by atoms with Crippen LogP contribution < -0.4 is 9.64 Å². The summed E-state index contributed by atoms with van der Waals surface area (Å²) in [6.07, 6.45) is 1.10. The number of anilines is 1. The zero-order chi connectivity index (χ0) is 20.4. The van der Waals surface area contributed by atoms with Gasteiger partial charge in [-0.25, -0.2) is 4.98 Å². The highest BCUT2D eigenvalue weighted by Crippen LogP contribution is 2.41. The van der Waals surface area contributed by atoms with E-state index < -0.39 is 0 Å². The second-order valence-corrected chi connectivity index (χ2v) is 8.09. The number of para-hydroxylation sites is 1. The molecule has 0 spiro atoms. The largest absolute Gasteiger partial charge is 0.506 e. The van der Waals surface area contributed by atoms with Crippen LogP contribution >= 0.6 is 11.3 Å². The van der Waals surface area contributed by atoms with Gasteiger partial charge in [-0.3, -0.25) is 4.79 Å². The van der Waals surface area contributed by atoms with Crippen LogP contribution in [-0.4, -0.2) is 29.1 Å². The molecule has 1 aliphatic rings. The third-order valence-corrected chi connectivity index (χ3v) is 6.17. The summed E-state index contributed by atoms with van der Waals surface area (Å²) in [4.78, 5) is 19.4. The number of nitrogens with zero attached hydrogens (tertiary/aromatic N) is 2. The average molecular weight is 409 g/mol. The maximum Gasteiger partial charge on any atom is 0.233 e. The van der Waals surface area contributed by atoms with Gasteiger partial charge in [0.1, 0.15) is 16.5 Å². The van der Waals surface area contributed by atoms with Crippen molar-refractivity contribution in [3.63, 3.8) is 0 Å². The zero-order valence-electron chi connectivity index (χ0n) is 16.6. The van der Waals surface area contributed by atoms with Crippen molar-refractivity contribution in [1.29, 1.82) is 0 Å². The molecule has 1 amide bonds. The van der Waals surface area contributed by atoms with Gasteiger partial charge in [0, 0.05) is 17.5 Å². The number of rotatable bonds is 5. The van der Waals surface area contributed by atoms with E-state index in [0.717, 1.165) is 34.0 Å². The van der Waals surface area contributed by atoms with Crippen molar-refractivity contribution in [2.75, 3.05) is 18.1 Å². The molecule has 0 saturated carbocycles. The number of aromatic hydroxyl groups is 1. The molecule has 6 heteroatoms. The van der Waals surface area contributed by atoms with Gasteiger partial charge in [0.15, 0.2) is 0 Å². The maximum atomic E-state index is 13.0. The molecule has 2 heterocycles. The summed E-state index contributed by atoms with van der Waals surface area (Å²) in [5, 5.41) is 13.2. The molecule has 1 atom stereocenters. The first-order chi connectivity index (χ1) is 14.1. The highest BCUT2D eigenvalue weighted by molar-refractivity contribution is 7.13. The maximum absolute atomic E-state index is 13.0. The van der Waals surface area contributed by atoms with E-state index in [4.69, 9.17) is 4.74 Å². The van der Waals surface area contributed by atoms with Crippen LogP contribution in [0, 0.1) is 0 Å². The minimum absolute atomic E-state index is 0.0387. The van der Waals surface area contributed by atoms with E-state index in [1.54, 1.807) is 11.0 Å². The average Bonchev–Trinajstić information content (AvgIpc) is 3.18. The van der Waals surface area contributed by atoms with Crippen LogP contribution in [0.2, 0.25) is 0 Å². The number of thiazole rings is 1. The number of hydrogen-bond acceptors (Lipinski definition) is 5. The monoisotopic (exact) mass is 408 g/mol. The number of phenolic OH excluding ortho intramolecular Hbond substituents is 1. The van der Waals surface area contributed by atoms with Crippen LogP contribution in [0.15, 0.2) is 47.8 Å². The Morgan fingerprint density at radius 3 is 2.83 bits per heavy atom. The zero-order valence-corrected chi connectivity index (χ0v) is 17.4. The normalized spacial score (nSPS) is 15.8. The van der Waals surface area contributed by atoms with Gasteiger partial charge in [-0.05, 0) is 55.2 Å². The van der Waals surface area contributed by atoms with Gasteiger partial charge in [-0.2, -0.15) is 0 Å². The van der Waals surface area contributed by atoms with Gasteiger partial charge < -0.3 is 14.7 Å². The SMILES string of the molecule is CCOc1ccc(-c2nc(CC(=O)N3CCC(C)c4cccc(O)c43)cs2)cc1. The smallest absolute Gasteiger partial charge is 0.233 e. The van der Waals surface area contributed by atoms with Crippen LogP contribution in [0.4, 0.5) is 5.69 Å². The number of aromatic nitrogens is 1. The molecule has 1 aliphatic heterocycles. The lowest BCUT2D eigenvalue weighted by molar-refractivity contribution is -0.118. The molecule has 1 aromatic heterocycles. The van der Waals surface area contributed by atoms with E-state index in [-0.39, 0.29) is 18.1 Å². The molecule has 5 nitrogen and oxygen atoms in total. The highest BCUT2D eigenvalue weighted by atomic mass is 32.1. The summed E-state index contributed by atoms with van der Waals surface area (Å²) < 4.78 is 5.48. The fraction of sp³-hybridized carbons (Fsp3) is 0.304. The number of carbonyl (C=O) groups is 1. The number of hydrogen-bond donors (Lipinski definition) is 1. The van der Waals surface area contributed by atoms with E-state index >= 15 is 0 Å². The number of ether oxygens (including phenoxy) is 1. The van der Waals surface area contributed by atoms with Crippen molar-refractivity contribution in [1.82, 2.24) is 4.98 Å². The predicted molar refractivity (Wildman–Crippen MR) is 116 cm³/mol. The third kappa shape index (κ3) is 3.98. The number of amides is 1. The van der Waals surface area contributed by atoms with Crippen molar-refractivity contribution in [3.05, 3.63) is 59.1 Å². The summed E-state index contributed by atoms with van der Waals surface area (Å²) in [6, 6.07) is 13.3. The first kappa shape index (κ1) is 19.5. The van der Waals surface area contributed by atoms with Crippen molar-refractivity contribution >= 4 is 22.9 Å². The van der Waals surface area contributed by atoms with Crippen molar-refractivity contribution in [2.24, 2.45) is 0 Å². The fourth-order valence-electron chi connectivity index (χ4n) is 3.71. The Hall–Kier alpha value is -2.86. The molecule has 0 saturated heterocycles. The minimum Gasteiger partial charge on any atom is -0.506 e. The highest BCUT2D eigenvalue weighted by Gasteiger charge is 2.29. The second-order valence-electron chi connectivity index (χ2n) is 7.23. The topological polar surface area (TPSA) is 62.7 Å². The van der Waals surface area contributed by atoms with Crippen LogP contribution in [0.5, 0.6) is 11.5 Å². The van der Waals surface area contributed by atoms with Gasteiger partial charge in [-0.15, -0.1) is 11.3 Å². The molecule has 150 valence electrons. The minimum atomic E-state index is -0.0387. The van der Waals surface area contributed by atoms with E-state index in [2.05, 4.69) is 11.9 Å². The Labute approximate surface area is 174 Å². The molecule has 1 N–H and O–H groups in total. The molecule has 0 radical (unpaired) electrons. The van der Waals surface area contributed by atoms with E-state index in [9.17, 15) is 9.90 Å². The summed E-state index contributed by atoms with van der Waals surface area (Å²) in [5.41, 5.74) is 3.43. The van der Waals surface area contributed by atoms with Gasteiger partial charge in [0.25, 0.3) is 0 Å². The van der Waals surface area contributed by atoms with Crippen LogP contribution in [0.3, 0.4) is 0 Å². The Balaban J connectivity index is 1.51. The number of carbonyl (C=O) groups excluding carboxylic acids is 1. The standard InChI is InChI=1S/C23H24N2O3S/c1-3-28-18-9-7-16(8-10-18)23-24-17(14-29-23)13-21(27)25-12-11-15(2)19-5-4-6-20(26)22(19)25/h4-10,14-15,26H,3,11-13H2,1-2H3. The lowest BCUT2D eigenvalue weighted by Crippen LogP contribution is -2.37. The number of benzene rings is 2. The quantitative estimate of drug-likeness (QED) is 0.645. The molecule has 3 aromatic rings. The van der Waals surface area contributed by atoms with Gasteiger partial charge in [0.05, 0.1) is 24.4 Å². The number of phenols is 1. The summed E-state index contributed by atoms with van der Waals surface area (Å²) >= 11 is 1.53. The molecule has 0 fully saturated rings. The van der Waals surface area contributed by atoms with Gasteiger partial charge >= 0.3 is 0 Å². The Kier molecular flexibility index (Phi) is 5.53. The lowest BCUT2D eigenvalue weighted by Gasteiger charge is -2.33. The summed E-state index contributed by atoms with van der Waals surface area (Å²) in [5.74, 6) is 1.28. The van der Waals surface area contributed by atoms with Crippen LogP contribution in [0.1, 0.15) is 37.4 Å². The van der Waals surface area contributed by atoms with Crippen LogP contribution in [-0.2, 0) is 11.2 Å². The first-order valence-electron chi connectivity index (χ1n) is 9.86. The first-order valence-corrected chi connectivity index (χ1v) is 10.7. The molecular formula is C23H24N2O3S. The van der Waals surface area contributed by atoms with Crippen molar-refractivity contribution in [3.8, 4) is 22.1 Å². The third-order valence-electron chi connectivity index (χ3n) is 5.23. The molecule has 0 bridgehead atoms. The Bertz CT molecular complexity index is 1010. The van der Waals surface area contributed by atoms with Crippen molar-refractivity contribution in [2.45, 2.75) is 32.6 Å². The molecule has 1 unspecified atom stereocenters. The summed E-state index contributed by atoms with van der Waals surface area (Å²) in [6.45, 7) is 5.33. The fourth-order valence-corrected chi connectivity index (χ4v) is 4.54. The molecular weight excluding hydrogens is 384 g/mol. The molecule has 0 aliphatic carbocycles. The Morgan fingerprint density at radius 2 is 2.07 bits per heavy atom. The summed E-state index contributed by atoms with van der Waals surface area (Å²) in [7, 11) is 0. The Morgan fingerprint density at radius 1 is 1.28 bits per heavy atom. The lowest BCUT2D eigenvalue weighted by atomic mass is 9.91. The molecule has 2 aromatic carbocycles. The molecule has 29 heavy (non-hydrogen) atoms.